The van der Waals surface area contributed by atoms with Crippen LogP contribution in [0.2, 0.25) is 0 Å². The number of hydrogen-bond donors (Lipinski definition) is 2. The van der Waals surface area contributed by atoms with Crippen molar-refractivity contribution in [2.24, 2.45) is 0 Å². The van der Waals surface area contributed by atoms with Crippen molar-refractivity contribution in [3.63, 3.8) is 0 Å². The molecule has 0 aromatic rings. The van der Waals surface area contributed by atoms with Gasteiger partial charge in [-0.15, -0.1) is 0 Å². The van der Waals surface area contributed by atoms with Gasteiger partial charge in [-0.3, -0.25) is 4.79 Å². The summed E-state index contributed by atoms with van der Waals surface area (Å²) in [7, 11) is 0. The summed E-state index contributed by atoms with van der Waals surface area (Å²) in [6.07, 6.45) is -1.82. The topological polar surface area (TPSA) is 66.8 Å². The fraction of sp³-hybridized carbons (Fsp3) is 0.800. The lowest BCUT2D eigenvalue weighted by Crippen LogP contribution is -2.26. The third kappa shape index (κ3) is 1.10. The lowest BCUT2D eigenvalue weighted by Gasteiger charge is -1.99. The Morgan fingerprint density at radius 1 is 1.78 bits per heavy atom. The highest BCUT2D eigenvalue weighted by Gasteiger charge is 2.32. The molecule has 1 aliphatic heterocycles. The van der Waals surface area contributed by atoms with E-state index in [1.807, 2.05) is 0 Å². The highest BCUT2D eigenvalue weighted by molar-refractivity contribution is 5.88. The van der Waals surface area contributed by atoms with Gasteiger partial charge in [0.25, 0.3) is 0 Å². The first-order chi connectivity index (χ1) is 4.25. The van der Waals surface area contributed by atoms with Gasteiger partial charge < -0.3 is 14.9 Å². The van der Waals surface area contributed by atoms with Gasteiger partial charge >= 0.3 is 0 Å². The minimum Gasteiger partial charge on any atom is -0.393 e. The first kappa shape index (κ1) is 6.67. The van der Waals surface area contributed by atoms with Crippen LogP contribution in [0.1, 0.15) is 0 Å². The average Bonchev–Trinajstić information content (AvgIpc) is 2.15. The number of carbonyl (C=O) groups excluding carboxylic acids is 1. The van der Waals surface area contributed by atoms with Crippen molar-refractivity contribution >= 4 is 5.78 Å². The molecule has 0 radical (unpaired) electrons. The van der Waals surface area contributed by atoms with E-state index in [0.717, 1.165) is 0 Å². The molecule has 0 spiro atoms. The number of carbonyl (C=O) groups is 1. The van der Waals surface area contributed by atoms with Crippen LogP contribution in [0.5, 0.6) is 0 Å². The Hall–Kier alpha value is -0.450. The van der Waals surface area contributed by atoms with E-state index in [0.29, 0.717) is 0 Å². The highest BCUT2D eigenvalue weighted by Crippen LogP contribution is 2.07. The lowest BCUT2D eigenvalue weighted by atomic mass is 10.2. The van der Waals surface area contributed by atoms with E-state index in [4.69, 9.17) is 10.2 Å². The molecular weight excluding hydrogens is 124 g/mol. The molecule has 4 heteroatoms. The van der Waals surface area contributed by atoms with Crippen molar-refractivity contribution in [3.05, 3.63) is 0 Å². The second-order valence-electron chi connectivity index (χ2n) is 1.92. The normalized spacial score (nSPS) is 35.6. The van der Waals surface area contributed by atoms with E-state index in [2.05, 4.69) is 4.74 Å². The van der Waals surface area contributed by atoms with E-state index >= 15 is 0 Å². The largest absolute Gasteiger partial charge is 0.393 e. The molecule has 0 aromatic carbocycles. The van der Waals surface area contributed by atoms with Crippen LogP contribution < -0.4 is 0 Å². The van der Waals surface area contributed by atoms with Gasteiger partial charge in [0.05, 0.1) is 13.2 Å². The molecule has 1 rings (SSSR count). The van der Waals surface area contributed by atoms with Gasteiger partial charge in [-0.05, 0) is 0 Å². The number of ether oxygens (including phenoxy) is 1. The van der Waals surface area contributed by atoms with Crippen molar-refractivity contribution in [1.82, 2.24) is 0 Å². The number of rotatable bonds is 1. The summed E-state index contributed by atoms with van der Waals surface area (Å²) in [4.78, 5) is 10.6. The average molecular weight is 132 g/mol. The molecule has 2 atom stereocenters. The third-order valence-corrected chi connectivity index (χ3v) is 1.27. The zero-order valence-corrected chi connectivity index (χ0v) is 4.78. The monoisotopic (exact) mass is 132 g/mol. The Bertz CT molecular complexity index is 122. The van der Waals surface area contributed by atoms with Gasteiger partial charge in [0, 0.05) is 0 Å². The number of hydrogen-bond acceptors (Lipinski definition) is 4. The molecule has 0 amide bonds. The lowest BCUT2D eigenvalue weighted by molar-refractivity contribution is -0.128. The number of aliphatic hydroxyl groups is 2. The molecule has 52 valence electrons. The summed E-state index contributed by atoms with van der Waals surface area (Å²) in [5.74, 6) is -0.419. The molecule has 0 bridgehead atoms. The van der Waals surface area contributed by atoms with Crippen LogP contribution in [-0.2, 0) is 9.53 Å². The maximum Gasteiger partial charge on any atom is 0.194 e. The van der Waals surface area contributed by atoms with Crippen LogP contribution in [0.3, 0.4) is 0 Å². The quantitative estimate of drug-likeness (QED) is 0.446. The number of aliphatic hydroxyl groups excluding tert-OH is 2. The molecule has 0 saturated carbocycles. The molecule has 1 aliphatic rings. The predicted molar refractivity (Wildman–Crippen MR) is 27.8 cm³/mol. The Morgan fingerprint density at radius 3 is 2.67 bits per heavy atom. The fourth-order valence-electron chi connectivity index (χ4n) is 0.729. The Balaban J connectivity index is 2.51. The zero-order chi connectivity index (χ0) is 6.85. The van der Waals surface area contributed by atoms with Gasteiger partial charge in [-0.2, -0.15) is 0 Å². The minimum atomic E-state index is -1.03. The summed E-state index contributed by atoms with van der Waals surface area (Å²) in [6, 6.07) is 0. The molecule has 1 heterocycles. The highest BCUT2D eigenvalue weighted by atomic mass is 16.5. The number of Topliss-reactive ketones (excluding diaryl/α,β-unsaturated/α-hetero) is 1. The van der Waals surface area contributed by atoms with Gasteiger partial charge in [0.15, 0.2) is 5.78 Å². The summed E-state index contributed by atoms with van der Waals surface area (Å²) in [5.41, 5.74) is 0. The van der Waals surface area contributed by atoms with Gasteiger partial charge in [-0.25, -0.2) is 0 Å². The minimum absolute atomic E-state index is 0.0179. The van der Waals surface area contributed by atoms with Crippen molar-refractivity contribution < 1.29 is 19.7 Å². The van der Waals surface area contributed by atoms with E-state index < -0.39 is 18.0 Å². The molecule has 1 fully saturated rings. The van der Waals surface area contributed by atoms with Crippen LogP contribution in [0.4, 0.5) is 0 Å². The molecule has 0 aliphatic carbocycles. The van der Waals surface area contributed by atoms with Crippen molar-refractivity contribution in [2.45, 2.75) is 12.2 Å². The van der Waals surface area contributed by atoms with Crippen molar-refractivity contribution in [3.8, 4) is 0 Å². The van der Waals surface area contributed by atoms with Crippen LogP contribution in [-0.4, -0.2) is 41.4 Å². The molecule has 1 unspecified atom stereocenters. The molecule has 1 saturated heterocycles. The SMILES string of the molecule is O=C1C(O)CO[C@@H]1CO. The standard InChI is InChI=1S/C5H8O4/c6-1-4-5(8)3(7)2-9-4/h3-4,6-7H,1-2H2/t3?,4-/m1/s1. The maximum atomic E-state index is 10.6. The first-order valence-electron chi connectivity index (χ1n) is 2.70. The summed E-state index contributed by atoms with van der Waals surface area (Å²) in [5, 5.41) is 17.1. The van der Waals surface area contributed by atoms with Crippen LogP contribution in [0.15, 0.2) is 0 Å². The first-order valence-corrected chi connectivity index (χ1v) is 2.70. The van der Waals surface area contributed by atoms with Crippen LogP contribution >= 0.6 is 0 Å². The summed E-state index contributed by atoms with van der Waals surface area (Å²) in [6.45, 7) is -0.319. The smallest absolute Gasteiger partial charge is 0.194 e. The molecule has 0 aromatic heterocycles. The third-order valence-electron chi connectivity index (χ3n) is 1.27. The second-order valence-corrected chi connectivity index (χ2v) is 1.92. The van der Waals surface area contributed by atoms with E-state index in [1.54, 1.807) is 0 Å². The molecule has 4 nitrogen and oxygen atoms in total. The fourth-order valence-corrected chi connectivity index (χ4v) is 0.729. The Labute approximate surface area is 52.1 Å². The van der Waals surface area contributed by atoms with Crippen molar-refractivity contribution in [1.29, 1.82) is 0 Å². The van der Waals surface area contributed by atoms with Crippen LogP contribution in [0, 0.1) is 0 Å². The van der Waals surface area contributed by atoms with Crippen LogP contribution in [0.25, 0.3) is 0 Å². The predicted octanol–water partition coefficient (Wildman–Crippen LogP) is -1.69. The second kappa shape index (κ2) is 2.43. The van der Waals surface area contributed by atoms with Gasteiger partial charge in [0.1, 0.15) is 12.2 Å². The summed E-state index contributed by atoms with van der Waals surface area (Å²) < 4.78 is 4.68. The molecular formula is C5H8O4. The van der Waals surface area contributed by atoms with E-state index in [9.17, 15) is 4.79 Å². The van der Waals surface area contributed by atoms with Gasteiger partial charge in [-0.1, -0.05) is 0 Å². The Kier molecular flexibility index (Phi) is 1.80. The maximum absolute atomic E-state index is 10.6. The van der Waals surface area contributed by atoms with Crippen molar-refractivity contribution in [2.75, 3.05) is 13.2 Å². The molecule has 9 heavy (non-hydrogen) atoms. The van der Waals surface area contributed by atoms with E-state index in [-0.39, 0.29) is 13.2 Å². The molecule has 2 N–H and O–H groups in total. The van der Waals surface area contributed by atoms with Gasteiger partial charge in [0.2, 0.25) is 0 Å². The zero-order valence-electron chi connectivity index (χ0n) is 4.78. The Morgan fingerprint density at radius 2 is 2.44 bits per heavy atom. The number of ketones is 1. The van der Waals surface area contributed by atoms with E-state index in [1.165, 1.54) is 0 Å². The summed E-state index contributed by atoms with van der Waals surface area (Å²) >= 11 is 0.